The van der Waals surface area contributed by atoms with Crippen LogP contribution >= 0.6 is 0 Å². The van der Waals surface area contributed by atoms with Crippen molar-refractivity contribution in [2.24, 2.45) is 0 Å². The molecule has 3 rings (SSSR count). The van der Waals surface area contributed by atoms with Gasteiger partial charge in [0.05, 0.1) is 18.8 Å². The van der Waals surface area contributed by atoms with Crippen LogP contribution in [0.4, 0.5) is 0 Å². The van der Waals surface area contributed by atoms with Crippen LogP contribution < -0.4 is 0 Å². The molecule has 2 aliphatic rings. The van der Waals surface area contributed by atoms with Crippen molar-refractivity contribution < 1.29 is 14.3 Å². The van der Waals surface area contributed by atoms with Gasteiger partial charge in [-0.3, -0.25) is 4.79 Å². The molecule has 4 heteroatoms. The molecule has 1 saturated heterocycles. The summed E-state index contributed by atoms with van der Waals surface area (Å²) in [6, 6.07) is 1.76. The Bertz CT molecular complexity index is 384. The van der Waals surface area contributed by atoms with Gasteiger partial charge in [0.15, 0.2) is 0 Å². The zero-order chi connectivity index (χ0) is 9.71. The van der Waals surface area contributed by atoms with E-state index in [1.165, 1.54) is 0 Å². The maximum absolute atomic E-state index is 11.5. The van der Waals surface area contributed by atoms with Crippen LogP contribution in [0.2, 0.25) is 0 Å². The molecule has 0 aliphatic carbocycles. The molecule has 1 aromatic heterocycles. The summed E-state index contributed by atoms with van der Waals surface area (Å²) in [5, 5.41) is 9.98. The summed E-state index contributed by atoms with van der Waals surface area (Å²) < 4.78 is 5.23. The SMILES string of the molecule is O=C1CCC2C(O)c3ccoc3CN12. The van der Waals surface area contributed by atoms with Crippen molar-refractivity contribution in [3.8, 4) is 0 Å². The number of fused-ring (bicyclic) bond motifs is 2. The number of hydrogen-bond donors (Lipinski definition) is 1. The predicted molar refractivity (Wildman–Crippen MR) is 47.2 cm³/mol. The number of carbonyl (C=O) groups excluding carboxylic acids is 1. The van der Waals surface area contributed by atoms with Crippen LogP contribution in [0.15, 0.2) is 16.7 Å². The molecule has 2 unspecified atom stereocenters. The van der Waals surface area contributed by atoms with E-state index < -0.39 is 6.10 Å². The first-order chi connectivity index (χ1) is 6.77. The summed E-state index contributed by atoms with van der Waals surface area (Å²) in [6.45, 7) is 0.517. The van der Waals surface area contributed by atoms with Gasteiger partial charge in [-0.05, 0) is 12.5 Å². The lowest BCUT2D eigenvalue weighted by Gasteiger charge is -2.32. The highest BCUT2D eigenvalue weighted by atomic mass is 16.3. The first-order valence-electron chi connectivity index (χ1n) is 4.81. The summed E-state index contributed by atoms with van der Waals surface area (Å²) >= 11 is 0. The van der Waals surface area contributed by atoms with Crippen LogP contribution in [0, 0.1) is 0 Å². The lowest BCUT2D eigenvalue weighted by Crippen LogP contribution is -2.40. The molecule has 1 N–H and O–H groups in total. The molecular formula is C10H11NO3. The van der Waals surface area contributed by atoms with Gasteiger partial charge in [-0.15, -0.1) is 0 Å². The van der Waals surface area contributed by atoms with E-state index in [4.69, 9.17) is 4.42 Å². The predicted octanol–water partition coefficient (Wildman–Crippen LogP) is 0.818. The van der Waals surface area contributed by atoms with Crippen molar-refractivity contribution in [3.05, 3.63) is 23.7 Å². The number of furan rings is 1. The van der Waals surface area contributed by atoms with Gasteiger partial charge in [0.2, 0.25) is 5.91 Å². The number of rotatable bonds is 0. The molecule has 0 saturated carbocycles. The van der Waals surface area contributed by atoms with Gasteiger partial charge in [0.25, 0.3) is 0 Å². The monoisotopic (exact) mass is 193 g/mol. The van der Waals surface area contributed by atoms with Gasteiger partial charge in [-0.2, -0.15) is 0 Å². The second kappa shape index (κ2) is 2.60. The number of aliphatic hydroxyl groups excluding tert-OH is 1. The maximum Gasteiger partial charge on any atom is 0.223 e. The standard InChI is InChI=1S/C10H11NO3/c12-9-2-1-7-10(13)6-3-4-14-8(6)5-11(7)9/h3-4,7,10,13H,1-2,5H2. The molecule has 14 heavy (non-hydrogen) atoms. The van der Waals surface area contributed by atoms with E-state index in [2.05, 4.69) is 0 Å². The molecule has 4 nitrogen and oxygen atoms in total. The summed E-state index contributed by atoms with van der Waals surface area (Å²) in [4.78, 5) is 13.2. The van der Waals surface area contributed by atoms with Crippen molar-refractivity contribution in [2.45, 2.75) is 31.5 Å². The Kier molecular flexibility index (Phi) is 1.50. The van der Waals surface area contributed by atoms with Crippen LogP contribution in [0.1, 0.15) is 30.3 Å². The van der Waals surface area contributed by atoms with Crippen LogP contribution in [-0.2, 0) is 11.3 Å². The van der Waals surface area contributed by atoms with Crippen molar-refractivity contribution in [1.29, 1.82) is 0 Å². The fraction of sp³-hybridized carbons (Fsp3) is 0.500. The molecular weight excluding hydrogens is 182 g/mol. The second-order valence-corrected chi connectivity index (χ2v) is 3.87. The van der Waals surface area contributed by atoms with Gasteiger partial charge in [0.1, 0.15) is 11.9 Å². The van der Waals surface area contributed by atoms with E-state index >= 15 is 0 Å². The minimum absolute atomic E-state index is 0.0346. The zero-order valence-electron chi connectivity index (χ0n) is 7.64. The summed E-state index contributed by atoms with van der Waals surface area (Å²) in [6.07, 6.45) is 2.31. The average molecular weight is 193 g/mol. The van der Waals surface area contributed by atoms with Gasteiger partial charge in [0, 0.05) is 12.0 Å². The Morgan fingerprint density at radius 1 is 1.57 bits per heavy atom. The van der Waals surface area contributed by atoms with E-state index in [1.807, 2.05) is 0 Å². The fourth-order valence-electron chi connectivity index (χ4n) is 2.39. The first-order valence-corrected chi connectivity index (χ1v) is 4.81. The molecule has 3 heterocycles. The lowest BCUT2D eigenvalue weighted by atomic mass is 9.97. The molecule has 1 amide bonds. The summed E-state index contributed by atoms with van der Waals surface area (Å²) in [5.74, 6) is 0.847. The number of nitrogens with zero attached hydrogens (tertiary/aromatic N) is 1. The highest BCUT2D eigenvalue weighted by Crippen LogP contribution is 2.37. The quantitative estimate of drug-likeness (QED) is 0.663. The third-order valence-corrected chi connectivity index (χ3v) is 3.15. The smallest absolute Gasteiger partial charge is 0.223 e. The van der Waals surface area contributed by atoms with E-state index in [-0.39, 0.29) is 11.9 Å². The van der Waals surface area contributed by atoms with Crippen LogP contribution in [-0.4, -0.2) is 22.0 Å². The summed E-state index contributed by atoms with van der Waals surface area (Å²) in [5.41, 5.74) is 0.848. The first kappa shape index (κ1) is 8.05. The van der Waals surface area contributed by atoms with Crippen LogP contribution in [0.5, 0.6) is 0 Å². The molecule has 0 aromatic carbocycles. The van der Waals surface area contributed by atoms with Crippen molar-refractivity contribution in [2.75, 3.05) is 0 Å². The number of amides is 1. The van der Waals surface area contributed by atoms with Crippen LogP contribution in [0.3, 0.4) is 0 Å². The zero-order valence-corrected chi connectivity index (χ0v) is 7.64. The van der Waals surface area contributed by atoms with Gasteiger partial charge in [-0.25, -0.2) is 0 Å². The molecule has 2 atom stereocenters. The Morgan fingerprint density at radius 3 is 3.29 bits per heavy atom. The maximum atomic E-state index is 11.5. The second-order valence-electron chi connectivity index (χ2n) is 3.87. The Morgan fingerprint density at radius 2 is 2.43 bits per heavy atom. The fourth-order valence-corrected chi connectivity index (χ4v) is 2.39. The van der Waals surface area contributed by atoms with Gasteiger partial charge in [-0.1, -0.05) is 0 Å². The Labute approximate surface area is 81.1 Å². The van der Waals surface area contributed by atoms with E-state index in [1.54, 1.807) is 17.2 Å². The lowest BCUT2D eigenvalue weighted by molar-refractivity contribution is -0.132. The van der Waals surface area contributed by atoms with Crippen molar-refractivity contribution in [1.82, 2.24) is 4.90 Å². The molecule has 1 aromatic rings. The molecule has 0 spiro atoms. The van der Waals surface area contributed by atoms with Gasteiger partial charge >= 0.3 is 0 Å². The number of aliphatic hydroxyl groups is 1. The highest BCUT2D eigenvalue weighted by Gasteiger charge is 2.41. The molecule has 0 radical (unpaired) electrons. The Hall–Kier alpha value is -1.29. The number of hydrogen-bond acceptors (Lipinski definition) is 3. The van der Waals surface area contributed by atoms with Crippen molar-refractivity contribution in [3.63, 3.8) is 0 Å². The minimum Gasteiger partial charge on any atom is -0.467 e. The van der Waals surface area contributed by atoms with E-state index in [9.17, 15) is 9.90 Å². The Balaban J connectivity index is 2.04. The third-order valence-electron chi connectivity index (χ3n) is 3.15. The van der Waals surface area contributed by atoms with Gasteiger partial charge < -0.3 is 14.4 Å². The topological polar surface area (TPSA) is 53.7 Å². The van der Waals surface area contributed by atoms with Crippen LogP contribution in [0.25, 0.3) is 0 Å². The molecule has 74 valence electrons. The number of carbonyl (C=O) groups is 1. The third kappa shape index (κ3) is 0.889. The largest absolute Gasteiger partial charge is 0.467 e. The minimum atomic E-state index is -0.566. The van der Waals surface area contributed by atoms with Crippen molar-refractivity contribution >= 4 is 5.91 Å². The molecule has 2 aliphatic heterocycles. The normalized spacial score (nSPS) is 30.4. The summed E-state index contributed by atoms with van der Waals surface area (Å²) in [7, 11) is 0. The molecule has 1 fully saturated rings. The van der Waals surface area contributed by atoms with E-state index in [0.29, 0.717) is 13.0 Å². The average Bonchev–Trinajstić information content (AvgIpc) is 2.75. The highest BCUT2D eigenvalue weighted by molar-refractivity contribution is 5.79. The molecule has 0 bridgehead atoms. The van der Waals surface area contributed by atoms with E-state index in [0.717, 1.165) is 17.7 Å².